The van der Waals surface area contributed by atoms with Crippen molar-refractivity contribution in [3.05, 3.63) is 94.9 Å². The molecular formula is C22H17N3O3. The van der Waals surface area contributed by atoms with E-state index in [1.54, 1.807) is 67.8 Å². The van der Waals surface area contributed by atoms with Crippen molar-refractivity contribution in [2.75, 3.05) is 12.4 Å². The third-order valence-electron chi connectivity index (χ3n) is 4.35. The summed E-state index contributed by atoms with van der Waals surface area (Å²) in [5.41, 5.74) is 1.06. The number of methoxy groups -OCH3 is 1. The summed E-state index contributed by atoms with van der Waals surface area (Å²) < 4.78 is 6.45. The maximum atomic E-state index is 13.0. The van der Waals surface area contributed by atoms with Crippen LogP contribution >= 0.6 is 0 Å². The van der Waals surface area contributed by atoms with E-state index in [0.29, 0.717) is 27.9 Å². The number of ether oxygens (including phenoxy) is 1. The first kappa shape index (κ1) is 17.5. The molecule has 0 aliphatic carbocycles. The molecule has 1 N–H and O–H groups in total. The van der Waals surface area contributed by atoms with Crippen LogP contribution in [0.15, 0.2) is 83.7 Å². The number of benzene rings is 3. The third-order valence-corrected chi connectivity index (χ3v) is 4.35. The lowest BCUT2D eigenvalue weighted by Crippen LogP contribution is -2.26. The van der Waals surface area contributed by atoms with Gasteiger partial charge in [0.25, 0.3) is 11.5 Å². The molecular weight excluding hydrogens is 354 g/mol. The van der Waals surface area contributed by atoms with Crippen LogP contribution in [-0.2, 0) is 0 Å². The Labute approximate surface area is 161 Å². The standard InChI is InChI=1S/C22H17N3O3/c1-28-17-11-7-8-15(14-17)23-21(26)20-18-12-5-6-13-19(18)22(27)25(24-20)16-9-3-2-4-10-16/h2-14H,1H3,(H,23,26). The molecule has 0 unspecified atom stereocenters. The Morgan fingerprint density at radius 3 is 2.39 bits per heavy atom. The third kappa shape index (κ3) is 3.23. The van der Waals surface area contributed by atoms with Crippen molar-refractivity contribution >= 4 is 22.4 Å². The van der Waals surface area contributed by atoms with E-state index in [-0.39, 0.29) is 11.3 Å². The molecule has 0 aliphatic rings. The summed E-state index contributed by atoms with van der Waals surface area (Å²) in [6, 6.07) is 23.0. The van der Waals surface area contributed by atoms with E-state index in [9.17, 15) is 9.59 Å². The van der Waals surface area contributed by atoms with Gasteiger partial charge in [-0.1, -0.05) is 42.5 Å². The van der Waals surface area contributed by atoms with Gasteiger partial charge in [-0.15, -0.1) is 0 Å². The molecule has 3 aromatic carbocycles. The first-order valence-corrected chi connectivity index (χ1v) is 8.70. The Morgan fingerprint density at radius 2 is 1.64 bits per heavy atom. The Bertz CT molecular complexity index is 1220. The first-order valence-electron chi connectivity index (χ1n) is 8.70. The van der Waals surface area contributed by atoms with E-state index in [1.165, 1.54) is 4.68 Å². The SMILES string of the molecule is COc1cccc(NC(=O)c2nn(-c3ccccc3)c(=O)c3ccccc23)c1. The smallest absolute Gasteiger partial charge is 0.279 e. The van der Waals surface area contributed by atoms with Gasteiger partial charge in [0, 0.05) is 17.1 Å². The predicted molar refractivity (Wildman–Crippen MR) is 108 cm³/mol. The number of hydrogen-bond acceptors (Lipinski definition) is 4. The highest BCUT2D eigenvalue weighted by atomic mass is 16.5. The second-order valence-electron chi connectivity index (χ2n) is 6.13. The van der Waals surface area contributed by atoms with Crippen LogP contribution in [-0.4, -0.2) is 22.8 Å². The molecule has 6 nitrogen and oxygen atoms in total. The maximum absolute atomic E-state index is 13.0. The highest BCUT2D eigenvalue weighted by Crippen LogP contribution is 2.20. The number of para-hydroxylation sites is 1. The topological polar surface area (TPSA) is 73.2 Å². The summed E-state index contributed by atoms with van der Waals surface area (Å²) in [6.45, 7) is 0. The Kier molecular flexibility index (Phi) is 4.60. The summed E-state index contributed by atoms with van der Waals surface area (Å²) >= 11 is 0. The summed E-state index contributed by atoms with van der Waals surface area (Å²) in [5.74, 6) is 0.221. The van der Waals surface area contributed by atoms with Gasteiger partial charge in [0.2, 0.25) is 0 Å². The van der Waals surface area contributed by atoms with Gasteiger partial charge in [0.1, 0.15) is 5.75 Å². The lowest BCUT2D eigenvalue weighted by atomic mass is 10.1. The van der Waals surface area contributed by atoms with E-state index in [2.05, 4.69) is 10.4 Å². The van der Waals surface area contributed by atoms with E-state index >= 15 is 0 Å². The maximum Gasteiger partial charge on any atom is 0.279 e. The van der Waals surface area contributed by atoms with Gasteiger partial charge in [-0.05, 0) is 30.3 Å². The monoisotopic (exact) mass is 371 g/mol. The lowest BCUT2D eigenvalue weighted by Gasteiger charge is -2.12. The number of nitrogens with one attached hydrogen (secondary N) is 1. The number of anilines is 1. The Morgan fingerprint density at radius 1 is 0.929 bits per heavy atom. The Balaban J connectivity index is 1.85. The van der Waals surface area contributed by atoms with E-state index in [0.717, 1.165) is 0 Å². The van der Waals surface area contributed by atoms with Gasteiger partial charge in [-0.2, -0.15) is 9.78 Å². The molecule has 0 aliphatic heterocycles. The number of amides is 1. The van der Waals surface area contributed by atoms with E-state index in [4.69, 9.17) is 4.74 Å². The summed E-state index contributed by atoms with van der Waals surface area (Å²) in [6.07, 6.45) is 0. The fraction of sp³-hybridized carbons (Fsp3) is 0.0455. The number of hydrogen-bond donors (Lipinski definition) is 1. The van der Waals surface area contributed by atoms with E-state index in [1.807, 2.05) is 18.2 Å². The fourth-order valence-electron chi connectivity index (χ4n) is 2.99. The second kappa shape index (κ2) is 7.36. The van der Waals surface area contributed by atoms with Crippen molar-refractivity contribution in [3.8, 4) is 11.4 Å². The van der Waals surface area contributed by atoms with Crippen LogP contribution in [0.1, 0.15) is 10.5 Å². The number of aromatic nitrogens is 2. The van der Waals surface area contributed by atoms with Gasteiger partial charge < -0.3 is 10.1 Å². The van der Waals surface area contributed by atoms with Crippen molar-refractivity contribution in [3.63, 3.8) is 0 Å². The van der Waals surface area contributed by atoms with Crippen LogP contribution in [0.5, 0.6) is 5.75 Å². The normalized spacial score (nSPS) is 10.6. The van der Waals surface area contributed by atoms with Gasteiger partial charge in [-0.25, -0.2) is 0 Å². The molecule has 28 heavy (non-hydrogen) atoms. The molecule has 0 saturated carbocycles. The van der Waals surface area contributed by atoms with Crippen LogP contribution in [0.25, 0.3) is 16.5 Å². The van der Waals surface area contributed by atoms with E-state index < -0.39 is 5.91 Å². The second-order valence-corrected chi connectivity index (χ2v) is 6.13. The largest absolute Gasteiger partial charge is 0.497 e. The Hall–Kier alpha value is -3.93. The molecule has 138 valence electrons. The minimum Gasteiger partial charge on any atom is -0.497 e. The van der Waals surface area contributed by atoms with Crippen LogP contribution in [0.2, 0.25) is 0 Å². The molecule has 0 radical (unpaired) electrons. The van der Waals surface area contributed by atoms with Crippen molar-refractivity contribution in [1.29, 1.82) is 0 Å². The number of carbonyl (C=O) groups excluding carboxylic acids is 1. The van der Waals surface area contributed by atoms with Crippen LogP contribution in [0.3, 0.4) is 0 Å². The highest BCUT2D eigenvalue weighted by Gasteiger charge is 2.17. The molecule has 4 aromatic rings. The van der Waals surface area contributed by atoms with Crippen molar-refractivity contribution in [1.82, 2.24) is 9.78 Å². The van der Waals surface area contributed by atoms with Crippen LogP contribution in [0, 0.1) is 0 Å². The zero-order chi connectivity index (χ0) is 19.5. The molecule has 4 rings (SSSR count). The zero-order valence-corrected chi connectivity index (χ0v) is 15.1. The van der Waals surface area contributed by atoms with Crippen LogP contribution < -0.4 is 15.6 Å². The number of nitrogens with zero attached hydrogens (tertiary/aromatic N) is 2. The lowest BCUT2D eigenvalue weighted by molar-refractivity contribution is 0.102. The minimum atomic E-state index is -0.408. The quantitative estimate of drug-likeness (QED) is 0.594. The minimum absolute atomic E-state index is 0.168. The molecule has 0 atom stereocenters. The first-order chi connectivity index (χ1) is 13.7. The van der Waals surface area contributed by atoms with Gasteiger partial charge in [-0.3, -0.25) is 9.59 Å². The van der Waals surface area contributed by atoms with Crippen molar-refractivity contribution in [2.45, 2.75) is 0 Å². The van der Waals surface area contributed by atoms with Crippen LogP contribution in [0.4, 0.5) is 5.69 Å². The molecule has 0 saturated heterocycles. The van der Waals surface area contributed by atoms with Gasteiger partial charge in [0.05, 0.1) is 18.2 Å². The molecule has 0 spiro atoms. The summed E-state index contributed by atoms with van der Waals surface area (Å²) in [5, 5.41) is 8.12. The average Bonchev–Trinajstić information content (AvgIpc) is 2.75. The zero-order valence-electron chi connectivity index (χ0n) is 15.1. The molecule has 1 amide bonds. The van der Waals surface area contributed by atoms with Gasteiger partial charge in [0.15, 0.2) is 5.69 Å². The van der Waals surface area contributed by atoms with Gasteiger partial charge >= 0.3 is 0 Å². The summed E-state index contributed by atoms with van der Waals surface area (Å²) in [7, 11) is 1.56. The number of rotatable bonds is 4. The van der Waals surface area contributed by atoms with Crippen molar-refractivity contribution in [2.24, 2.45) is 0 Å². The predicted octanol–water partition coefficient (Wildman–Crippen LogP) is 3.65. The average molecular weight is 371 g/mol. The van der Waals surface area contributed by atoms with Crippen molar-refractivity contribution < 1.29 is 9.53 Å². The number of fused-ring (bicyclic) bond motifs is 1. The fourth-order valence-corrected chi connectivity index (χ4v) is 2.99. The highest BCUT2D eigenvalue weighted by molar-refractivity contribution is 6.11. The molecule has 0 bridgehead atoms. The summed E-state index contributed by atoms with van der Waals surface area (Å²) in [4.78, 5) is 25.9. The molecule has 1 aromatic heterocycles. The molecule has 1 heterocycles. The molecule has 0 fully saturated rings. The number of carbonyl (C=O) groups is 1. The molecule has 6 heteroatoms.